The summed E-state index contributed by atoms with van der Waals surface area (Å²) in [6.45, 7) is 3.18. The van der Waals surface area contributed by atoms with Crippen molar-refractivity contribution in [1.29, 1.82) is 0 Å². The topological polar surface area (TPSA) is 96.9 Å². The fourth-order valence-corrected chi connectivity index (χ4v) is 1.06. The van der Waals surface area contributed by atoms with E-state index in [-0.39, 0.29) is 17.1 Å². The van der Waals surface area contributed by atoms with Gasteiger partial charge in [0.1, 0.15) is 5.69 Å². The maximum atomic E-state index is 11.6. The van der Waals surface area contributed by atoms with Gasteiger partial charge in [0.25, 0.3) is 5.56 Å². The lowest BCUT2D eigenvalue weighted by atomic mass is 9.91. The van der Waals surface area contributed by atoms with Gasteiger partial charge in [-0.05, 0) is 12.2 Å². The average molecular weight is 216 g/mol. The Morgan fingerprint density at radius 3 is 2.79 bits per heavy atom. The number of aliphatic hydroxyl groups excluding tert-OH is 1. The minimum atomic E-state index is -0.738. The first-order chi connectivity index (χ1) is 6.40. The molecule has 0 bridgehead atoms. The molecule has 0 fully saturated rings. The predicted octanol–water partition coefficient (Wildman–Crippen LogP) is -0.715. The SMILES string of the molecule is CC(C)(CO)c1n[nH]c(=S)n(N)c1=O. The Morgan fingerprint density at radius 1 is 1.71 bits per heavy atom. The molecule has 7 heteroatoms. The Balaban J connectivity index is 3.47. The van der Waals surface area contributed by atoms with Gasteiger partial charge < -0.3 is 10.9 Å². The van der Waals surface area contributed by atoms with Gasteiger partial charge in [0.05, 0.1) is 6.61 Å². The molecule has 0 unspecified atom stereocenters. The molecule has 0 amide bonds. The molecule has 0 saturated carbocycles. The molecule has 0 spiro atoms. The third kappa shape index (κ3) is 1.68. The van der Waals surface area contributed by atoms with E-state index in [1.807, 2.05) is 0 Å². The summed E-state index contributed by atoms with van der Waals surface area (Å²) < 4.78 is 0.849. The summed E-state index contributed by atoms with van der Waals surface area (Å²) in [5.74, 6) is 5.38. The third-order valence-electron chi connectivity index (χ3n) is 1.94. The molecule has 1 aromatic rings. The van der Waals surface area contributed by atoms with Crippen molar-refractivity contribution in [1.82, 2.24) is 14.9 Å². The molecule has 0 aliphatic carbocycles. The number of nitrogens with zero attached hydrogens (tertiary/aromatic N) is 2. The fourth-order valence-electron chi connectivity index (χ4n) is 0.927. The number of hydrogen-bond donors (Lipinski definition) is 3. The minimum Gasteiger partial charge on any atom is -0.395 e. The van der Waals surface area contributed by atoms with Crippen molar-refractivity contribution in [3.8, 4) is 0 Å². The quantitative estimate of drug-likeness (QED) is 0.448. The molecule has 0 aromatic carbocycles. The van der Waals surface area contributed by atoms with Gasteiger partial charge in [-0.25, -0.2) is 0 Å². The summed E-state index contributed by atoms with van der Waals surface area (Å²) in [6, 6.07) is 0. The molecule has 0 radical (unpaired) electrons. The first kappa shape index (κ1) is 10.9. The molecule has 0 aliphatic heterocycles. The number of nitrogens with two attached hydrogens (primary N) is 1. The van der Waals surface area contributed by atoms with Gasteiger partial charge in [0.2, 0.25) is 4.77 Å². The van der Waals surface area contributed by atoms with E-state index in [2.05, 4.69) is 10.2 Å². The standard InChI is InChI=1S/C7H12N4O2S/c1-7(2,3-12)4-5(13)11(8)6(14)10-9-4/h12H,3,8H2,1-2H3,(H,10,14). The Morgan fingerprint density at radius 2 is 2.29 bits per heavy atom. The van der Waals surface area contributed by atoms with E-state index in [9.17, 15) is 4.79 Å². The van der Waals surface area contributed by atoms with Crippen molar-refractivity contribution in [3.05, 3.63) is 20.8 Å². The van der Waals surface area contributed by atoms with Crippen LogP contribution in [0.15, 0.2) is 4.79 Å². The maximum Gasteiger partial charge on any atom is 0.295 e. The first-order valence-electron chi connectivity index (χ1n) is 3.98. The highest BCUT2D eigenvalue weighted by molar-refractivity contribution is 7.71. The Kier molecular flexibility index (Phi) is 2.72. The molecule has 78 valence electrons. The van der Waals surface area contributed by atoms with Gasteiger partial charge in [-0.1, -0.05) is 13.8 Å². The van der Waals surface area contributed by atoms with Crippen LogP contribution in [0.2, 0.25) is 0 Å². The van der Waals surface area contributed by atoms with E-state index in [0.717, 1.165) is 4.68 Å². The van der Waals surface area contributed by atoms with Crippen LogP contribution in [-0.2, 0) is 5.41 Å². The maximum absolute atomic E-state index is 11.6. The van der Waals surface area contributed by atoms with Gasteiger partial charge in [-0.2, -0.15) is 9.77 Å². The number of aromatic nitrogens is 3. The summed E-state index contributed by atoms with van der Waals surface area (Å²) >= 11 is 4.72. The minimum absolute atomic E-state index is 0.0486. The molecule has 0 saturated heterocycles. The largest absolute Gasteiger partial charge is 0.395 e. The van der Waals surface area contributed by atoms with E-state index in [0.29, 0.717) is 0 Å². The molecular weight excluding hydrogens is 204 g/mol. The Hall–Kier alpha value is -1.21. The summed E-state index contributed by atoms with van der Waals surface area (Å²) in [7, 11) is 0. The lowest BCUT2D eigenvalue weighted by molar-refractivity contribution is 0.212. The van der Waals surface area contributed by atoms with Crippen LogP contribution >= 0.6 is 12.2 Å². The predicted molar refractivity (Wildman–Crippen MR) is 53.9 cm³/mol. The van der Waals surface area contributed by atoms with Crippen molar-refractivity contribution in [2.75, 3.05) is 12.4 Å². The molecule has 1 rings (SSSR count). The monoisotopic (exact) mass is 216 g/mol. The number of hydrogen-bond acceptors (Lipinski definition) is 5. The highest BCUT2D eigenvalue weighted by Gasteiger charge is 2.25. The van der Waals surface area contributed by atoms with E-state index in [1.54, 1.807) is 13.8 Å². The molecular formula is C7H12N4O2S. The molecule has 6 nitrogen and oxygen atoms in total. The van der Waals surface area contributed by atoms with Crippen LogP contribution in [0.5, 0.6) is 0 Å². The van der Waals surface area contributed by atoms with Crippen molar-refractivity contribution in [3.63, 3.8) is 0 Å². The van der Waals surface area contributed by atoms with Crippen molar-refractivity contribution < 1.29 is 5.11 Å². The second-order valence-electron chi connectivity index (χ2n) is 3.59. The Labute approximate surface area is 85.4 Å². The van der Waals surface area contributed by atoms with Gasteiger partial charge in [-0.15, -0.1) is 0 Å². The zero-order valence-electron chi connectivity index (χ0n) is 7.94. The van der Waals surface area contributed by atoms with Crippen LogP contribution in [0.4, 0.5) is 0 Å². The zero-order chi connectivity index (χ0) is 10.9. The molecule has 4 N–H and O–H groups in total. The van der Waals surface area contributed by atoms with E-state index < -0.39 is 11.0 Å². The number of nitrogen functional groups attached to an aromatic ring is 1. The van der Waals surface area contributed by atoms with E-state index >= 15 is 0 Å². The molecule has 1 heterocycles. The number of nitrogens with one attached hydrogen (secondary N) is 1. The van der Waals surface area contributed by atoms with Gasteiger partial charge >= 0.3 is 0 Å². The summed E-state index contributed by atoms with van der Waals surface area (Å²) in [4.78, 5) is 11.6. The number of H-pyrrole nitrogens is 1. The van der Waals surface area contributed by atoms with Crippen molar-refractivity contribution >= 4 is 12.2 Å². The van der Waals surface area contributed by atoms with Crippen LogP contribution < -0.4 is 11.4 Å². The highest BCUT2D eigenvalue weighted by Crippen LogP contribution is 2.15. The lowest BCUT2D eigenvalue weighted by Gasteiger charge is -2.19. The second-order valence-corrected chi connectivity index (χ2v) is 3.98. The normalized spacial score (nSPS) is 11.6. The van der Waals surface area contributed by atoms with E-state index in [4.69, 9.17) is 23.2 Å². The van der Waals surface area contributed by atoms with Crippen LogP contribution in [-0.4, -0.2) is 26.6 Å². The van der Waals surface area contributed by atoms with Crippen molar-refractivity contribution in [2.45, 2.75) is 19.3 Å². The highest BCUT2D eigenvalue weighted by atomic mass is 32.1. The lowest BCUT2D eigenvalue weighted by Crippen LogP contribution is -2.39. The number of rotatable bonds is 2. The van der Waals surface area contributed by atoms with Crippen LogP contribution in [0, 0.1) is 4.77 Å². The summed E-state index contributed by atoms with van der Waals surface area (Å²) in [5.41, 5.74) is -1.07. The van der Waals surface area contributed by atoms with E-state index in [1.165, 1.54) is 0 Å². The fraction of sp³-hybridized carbons (Fsp3) is 0.571. The van der Waals surface area contributed by atoms with Crippen LogP contribution in [0.1, 0.15) is 19.5 Å². The van der Waals surface area contributed by atoms with Gasteiger partial charge in [-0.3, -0.25) is 9.89 Å². The van der Waals surface area contributed by atoms with Crippen LogP contribution in [0.25, 0.3) is 0 Å². The third-order valence-corrected chi connectivity index (χ3v) is 2.23. The summed E-state index contributed by atoms with van der Waals surface area (Å²) in [5, 5.41) is 15.3. The number of aliphatic hydroxyl groups is 1. The van der Waals surface area contributed by atoms with Crippen molar-refractivity contribution in [2.24, 2.45) is 0 Å². The van der Waals surface area contributed by atoms with Gasteiger partial charge in [0.15, 0.2) is 0 Å². The average Bonchev–Trinajstić information content (AvgIpc) is 2.14. The number of aromatic amines is 1. The summed E-state index contributed by atoms with van der Waals surface area (Å²) in [6.07, 6.45) is 0. The second kappa shape index (κ2) is 3.50. The van der Waals surface area contributed by atoms with Crippen LogP contribution in [0.3, 0.4) is 0 Å². The molecule has 0 aliphatic rings. The van der Waals surface area contributed by atoms with Gasteiger partial charge in [0, 0.05) is 5.41 Å². The molecule has 1 aromatic heterocycles. The first-order valence-corrected chi connectivity index (χ1v) is 4.39. The smallest absolute Gasteiger partial charge is 0.295 e. The molecule has 0 atom stereocenters. The molecule has 14 heavy (non-hydrogen) atoms. The Bertz CT molecular complexity index is 448. The zero-order valence-corrected chi connectivity index (χ0v) is 8.76.